The molecule has 4 aromatic rings. The maximum atomic E-state index is 11.8. The molecule has 1 atom stereocenters. The van der Waals surface area contributed by atoms with E-state index in [4.69, 9.17) is 4.98 Å². The van der Waals surface area contributed by atoms with Gasteiger partial charge in [-0.25, -0.2) is 18.4 Å². The molecule has 0 radical (unpaired) electrons. The summed E-state index contributed by atoms with van der Waals surface area (Å²) < 4.78 is 26.2. The van der Waals surface area contributed by atoms with Gasteiger partial charge < -0.3 is 5.32 Å². The van der Waals surface area contributed by atoms with Crippen LogP contribution >= 0.6 is 0 Å². The van der Waals surface area contributed by atoms with Crippen LogP contribution in [0.15, 0.2) is 67.0 Å². The Morgan fingerprint density at radius 2 is 1.90 bits per heavy atom. The predicted octanol–water partition coefficient (Wildman–Crippen LogP) is 3.30. The molecule has 3 heterocycles. The van der Waals surface area contributed by atoms with Crippen LogP contribution in [0.5, 0.6) is 0 Å². The second-order valence-electron chi connectivity index (χ2n) is 7.57. The lowest BCUT2D eigenvalue weighted by Gasteiger charge is -2.28. The Hall–Kier alpha value is -3.36. The average molecular weight is 432 g/mol. The molecule has 0 spiro atoms. The van der Waals surface area contributed by atoms with Gasteiger partial charge in [0.15, 0.2) is 0 Å². The van der Waals surface area contributed by atoms with Crippen LogP contribution < -0.4 is 10.0 Å². The van der Waals surface area contributed by atoms with Crippen LogP contribution in [0.1, 0.15) is 23.0 Å². The monoisotopic (exact) mass is 431 g/mol. The number of anilines is 1. The van der Waals surface area contributed by atoms with E-state index < -0.39 is 10.0 Å². The van der Waals surface area contributed by atoms with Crippen LogP contribution in [0.25, 0.3) is 22.2 Å². The molecule has 1 unspecified atom stereocenters. The summed E-state index contributed by atoms with van der Waals surface area (Å²) in [4.78, 5) is 14.0. The van der Waals surface area contributed by atoms with Crippen molar-refractivity contribution in [3.05, 3.63) is 83.9 Å². The molecule has 8 heteroatoms. The van der Waals surface area contributed by atoms with E-state index in [1.54, 1.807) is 12.3 Å². The summed E-state index contributed by atoms with van der Waals surface area (Å²) in [5, 5.41) is 4.42. The van der Waals surface area contributed by atoms with E-state index in [9.17, 15) is 8.42 Å². The maximum Gasteiger partial charge on any atom is 0.229 e. The Labute approximate surface area is 180 Å². The smallest absolute Gasteiger partial charge is 0.229 e. The SMILES string of the molecule is CS(=O)(=O)Nc1cccc2c1CCNC2c1ncc2c(-c3ccccn3)cccc2n1. The van der Waals surface area contributed by atoms with Crippen LogP contribution in [-0.4, -0.2) is 36.2 Å². The van der Waals surface area contributed by atoms with Gasteiger partial charge in [-0.3, -0.25) is 9.71 Å². The fraction of sp³-hybridized carbons (Fsp3) is 0.174. The first kappa shape index (κ1) is 19.6. The fourth-order valence-corrected chi connectivity index (χ4v) is 4.68. The Bertz CT molecular complexity index is 1370. The molecule has 0 saturated heterocycles. The quantitative estimate of drug-likeness (QED) is 0.515. The molecule has 31 heavy (non-hydrogen) atoms. The van der Waals surface area contributed by atoms with Crippen molar-refractivity contribution in [3.63, 3.8) is 0 Å². The van der Waals surface area contributed by atoms with Crippen molar-refractivity contribution in [2.75, 3.05) is 17.5 Å². The van der Waals surface area contributed by atoms with Gasteiger partial charge in [-0.05, 0) is 41.8 Å². The topological polar surface area (TPSA) is 96.9 Å². The summed E-state index contributed by atoms with van der Waals surface area (Å²) in [6.07, 6.45) is 5.50. The second kappa shape index (κ2) is 7.72. The minimum atomic E-state index is -3.36. The van der Waals surface area contributed by atoms with Crippen molar-refractivity contribution in [1.82, 2.24) is 20.3 Å². The van der Waals surface area contributed by atoms with E-state index in [1.807, 2.05) is 54.7 Å². The number of sulfonamides is 1. The maximum absolute atomic E-state index is 11.8. The van der Waals surface area contributed by atoms with Crippen molar-refractivity contribution in [2.24, 2.45) is 0 Å². The molecule has 0 fully saturated rings. The lowest BCUT2D eigenvalue weighted by atomic mass is 9.92. The second-order valence-corrected chi connectivity index (χ2v) is 9.31. The summed E-state index contributed by atoms with van der Waals surface area (Å²) in [7, 11) is -3.36. The van der Waals surface area contributed by atoms with Gasteiger partial charge in [0.1, 0.15) is 5.82 Å². The van der Waals surface area contributed by atoms with Gasteiger partial charge in [0.05, 0.1) is 29.2 Å². The zero-order valence-corrected chi connectivity index (χ0v) is 17.7. The number of fused-ring (bicyclic) bond motifs is 2. The van der Waals surface area contributed by atoms with Gasteiger partial charge in [0.25, 0.3) is 0 Å². The third-order valence-corrected chi connectivity index (χ3v) is 5.98. The van der Waals surface area contributed by atoms with Crippen LogP contribution in [-0.2, 0) is 16.4 Å². The molecule has 1 aliphatic rings. The van der Waals surface area contributed by atoms with Crippen LogP contribution in [0, 0.1) is 0 Å². The highest BCUT2D eigenvalue weighted by molar-refractivity contribution is 7.92. The molecule has 0 amide bonds. The highest BCUT2D eigenvalue weighted by atomic mass is 32.2. The van der Waals surface area contributed by atoms with E-state index in [0.29, 0.717) is 18.1 Å². The van der Waals surface area contributed by atoms with Gasteiger partial charge >= 0.3 is 0 Å². The number of hydrogen-bond acceptors (Lipinski definition) is 6. The number of benzene rings is 2. The number of nitrogens with one attached hydrogen (secondary N) is 2. The third kappa shape index (κ3) is 3.87. The lowest BCUT2D eigenvalue weighted by Crippen LogP contribution is -2.32. The van der Waals surface area contributed by atoms with Crippen LogP contribution in [0.3, 0.4) is 0 Å². The van der Waals surface area contributed by atoms with Crippen molar-refractivity contribution in [3.8, 4) is 11.3 Å². The van der Waals surface area contributed by atoms with Crippen molar-refractivity contribution in [1.29, 1.82) is 0 Å². The summed E-state index contributed by atoms with van der Waals surface area (Å²) in [6.45, 7) is 0.704. The summed E-state index contributed by atoms with van der Waals surface area (Å²) in [5.74, 6) is 0.656. The highest BCUT2D eigenvalue weighted by Crippen LogP contribution is 2.33. The summed E-state index contributed by atoms with van der Waals surface area (Å²) >= 11 is 0. The molecule has 1 aliphatic heterocycles. The first-order valence-electron chi connectivity index (χ1n) is 10.00. The minimum absolute atomic E-state index is 0.215. The Balaban J connectivity index is 1.58. The van der Waals surface area contributed by atoms with Crippen LogP contribution in [0.4, 0.5) is 5.69 Å². The Kier molecular flexibility index (Phi) is 4.88. The van der Waals surface area contributed by atoms with Gasteiger partial charge in [-0.2, -0.15) is 0 Å². The number of aromatic nitrogens is 3. The van der Waals surface area contributed by atoms with E-state index >= 15 is 0 Å². The van der Waals surface area contributed by atoms with E-state index in [0.717, 1.165) is 46.0 Å². The minimum Gasteiger partial charge on any atom is -0.303 e. The molecule has 2 aromatic carbocycles. The zero-order valence-electron chi connectivity index (χ0n) is 16.9. The molecule has 2 aromatic heterocycles. The largest absolute Gasteiger partial charge is 0.303 e. The van der Waals surface area contributed by atoms with E-state index in [1.165, 1.54) is 0 Å². The van der Waals surface area contributed by atoms with Crippen molar-refractivity contribution < 1.29 is 8.42 Å². The highest BCUT2D eigenvalue weighted by Gasteiger charge is 2.26. The molecule has 2 N–H and O–H groups in total. The van der Waals surface area contributed by atoms with Gasteiger partial charge in [0.2, 0.25) is 10.0 Å². The van der Waals surface area contributed by atoms with Gasteiger partial charge in [0, 0.05) is 29.9 Å². The van der Waals surface area contributed by atoms with Crippen molar-refractivity contribution in [2.45, 2.75) is 12.5 Å². The molecule has 7 nitrogen and oxygen atoms in total. The van der Waals surface area contributed by atoms with Crippen LogP contribution in [0.2, 0.25) is 0 Å². The van der Waals surface area contributed by atoms with Gasteiger partial charge in [-0.15, -0.1) is 0 Å². The van der Waals surface area contributed by atoms with Crippen molar-refractivity contribution >= 4 is 26.6 Å². The first-order chi connectivity index (χ1) is 15.0. The third-order valence-electron chi connectivity index (χ3n) is 5.39. The summed E-state index contributed by atoms with van der Waals surface area (Å²) in [5.41, 5.74) is 5.28. The number of pyridine rings is 1. The molecule has 0 saturated carbocycles. The molecule has 156 valence electrons. The van der Waals surface area contributed by atoms with E-state index in [2.05, 4.69) is 20.0 Å². The predicted molar refractivity (Wildman–Crippen MR) is 121 cm³/mol. The molecule has 0 bridgehead atoms. The average Bonchev–Trinajstić information content (AvgIpc) is 2.78. The number of nitrogens with zero attached hydrogens (tertiary/aromatic N) is 3. The Morgan fingerprint density at radius 3 is 2.71 bits per heavy atom. The zero-order chi connectivity index (χ0) is 21.4. The van der Waals surface area contributed by atoms with Gasteiger partial charge in [-0.1, -0.05) is 30.3 Å². The number of hydrogen-bond donors (Lipinski definition) is 2. The molecular weight excluding hydrogens is 410 g/mol. The Morgan fingerprint density at radius 1 is 1.03 bits per heavy atom. The summed E-state index contributed by atoms with van der Waals surface area (Å²) in [6, 6.07) is 17.2. The standard InChI is InChI=1S/C23H21N5O2S/c1-31(29,30)28-21-10-5-7-17-16(21)11-13-25-22(17)23-26-14-18-15(6-4-9-20(18)27-23)19-8-2-3-12-24-19/h2-10,12,14,22,25,28H,11,13H2,1H3. The first-order valence-corrected chi connectivity index (χ1v) is 11.9. The lowest BCUT2D eigenvalue weighted by molar-refractivity contribution is 0.546. The molecule has 0 aliphatic carbocycles. The molecule has 5 rings (SSSR count). The number of rotatable bonds is 4. The normalized spacial score (nSPS) is 16.1. The fourth-order valence-electron chi connectivity index (χ4n) is 4.09. The molecular formula is C23H21N5O2S. The van der Waals surface area contributed by atoms with E-state index in [-0.39, 0.29) is 6.04 Å².